The molecule has 0 saturated heterocycles. The topological polar surface area (TPSA) is 73.6 Å². The molecular formula is C17H15IN2O4. The van der Waals surface area contributed by atoms with Crippen molar-refractivity contribution in [2.75, 3.05) is 19.0 Å². The second kappa shape index (κ2) is 8.40. The molecule has 0 aliphatic rings. The summed E-state index contributed by atoms with van der Waals surface area (Å²) in [5.74, 6) is 3.66. The Morgan fingerprint density at radius 1 is 1.33 bits per heavy atom. The average Bonchev–Trinajstić information content (AvgIpc) is 2.58. The predicted molar refractivity (Wildman–Crippen MR) is 100 cm³/mol. The summed E-state index contributed by atoms with van der Waals surface area (Å²) >= 11 is 2.16. The summed E-state index contributed by atoms with van der Waals surface area (Å²) in [5.41, 5.74) is 1.84. The van der Waals surface area contributed by atoms with E-state index >= 15 is 0 Å². The van der Waals surface area contributed by atoms with E-state index < -0.39 is 4.92 Å². The van der Waals surface area contributed by atoms with Crippen LogP contribution in [0.15, 0.2) is 36.4 Å². The van der Waals surface area contributed by atoms with Gasteiger partial charge in [0.25, 0.3) is 5.69 Å². The van der Waals surface area contributed by atoms with Gasteiger partial charge in [0.15, 0.2) is 11.5 Å². The Kier molecular flexibility index (Phi) is 6.26. The van der Waals surface area contributed by atoms with E-state index in [2.05, 4.69) is 33.8 Å². The lowest BCUT2D eigenvalue weighted by molar-refractivity contribution is -0.384. The van der Waals surface area contributed by atoms with E-state index in [1.807, 2.05) is 12.1 Å². The van der Waals surface area contributed by atoms with E-state index in [0.29, 0.717) is 18.0 Å². The first kappa shape index (κ1) is 17.9. The van der Waals surface area contributed by atoms with Gasteiger partial charge in [0.05, 0.1) is 15.6 Å². The van der Waals surface area contributed by atoms with Gasteiger partial charge in [0, 0.05) is 24.4 Å². The number of terminal acetylenes is 1. The number of benzene rings is 2. The van der Waals surface area contributed by atoms with Crippen molar-refractivity contribution in [2.24, 2.45) is 0 Å². The molecule has 0 radical (unpaired) electrons. The molecule has 0 amide bonds. The fourth-order valence-corrected chi connectivity index (χ4v) is 2.86. The number of anilines is 1. The maximum Gasteiger partial charge on any atom is 0.269 e. The van der Waals surface area contributed by atoms with E-state index in [0.717, 1.165) is 14.8 Å². The van der Waals surface area contributed by atoms with Crippen LogP contribution in [0.4, 0.5) is 11.4 Å². The standard InChI is InChI=1S/C17H15IN2O4/c1-3-8-24-17-15(18)9-12(10-16(17)23-2)11-19-13-4-6-14(7-5-13)20(21)22/h1,4-7,9-10,19H,8,11H2,2H3. The number of nitro benzene ring substituents is 1. The number of rotatable bonds is 7. The number of ether oxygens (including phenoxy) is 2. The van der Waals surface area contributed by atoms with Gasteiger partial charge in [-0.15, -0.1) is 6.42 Å². The number of methoxy groups -OCH3 is 1. The Balaban J connectivity index is 2.11. The highest BCUT2D eigenvalue weighted by Gasteiger charge is 2.11. The fourth-order valence-electron chi connectivity index (χ4n) is 2.03. The largest absolute Gasteiger partial charge is 0.493 e. The molecule has 0 unspecified atom stereocenters. The van der Waals surface area contributed by atoms with Crippen molar-refractivity contribution in [1.82, 2.24) is 0 Å². The first-order chi connectivity index (χ1) is 11.5. The first-order valence-electron chi connectivity index (χ1n) is 6.96. The summed E-state index contributed by atoms with van der Waals surface area (Å²) in [5, 5.41) is 13.9. The molecule has 0 heterocycles. The Labute approximate surface area is 153 Å². The number of hydrogen-bond acceptors (Lipinski definition) is 5. The van der Waals surface area contributed by atoms with E-state index in [1.54, 1.807) is 19.2 Å². The molecule has 2 aromatic rings. The van der Waals surface area contributed by atoms with Crippen LogP contribution >= 0.6 is 22.6 Å². The van der Waals surface area contributed by atoms with Gasteiger partial charge >= 0.3 is 0 Å². The number of halogens is 1. The first-order valence-corrected chi connectivity index (χ1v) is 8.04. The average molecular weight is 438 g/mol. The highest BCUT2D eigenvalue weighted by atomic mass is 127. The lowest BCUT2D eigenvalue weighted by atomic mass is 10.2. The van der Waals surface area contributed by atoms with Crippen LogP contribution in [0.2, 0.25) is 0 Å². The van der Waals surface area contributed by atoms with Crippen molar-refractivity contribution >= 4 is 34.0 Å². The minimum atomic E-state index is -0.425. The summed E-state index contributed by atoms with van der Waals surface area (Å²) < 4.78 is 11.8. The Bertz CT molecular complexity index is 769. The van der Waals surface area contributed by atoms with Gasteiger partial charge in [-0.1, -0.05) is 5.92 Å². The van der Waals surface area contributed by atoms with Crippen LogP contribution in [0.3, 0.4) is 0 Å². The third-order valence-electron chi connectivity index (χ3n) is 3.16. The van der Waals surface area contributed by atoms with E-state index in [4.69, 9.17) is 15.9 Å². The zero-order chi connectivity index (χ0) is 17.5. The lowest BCUT2D eigenvalue weighted by Gasteiger charge is -2.14. The summed E-state index contributed by atoms with van der Waals surface area (Å²) in [6, 6.07) is 10.1. The third-order valence-corrected chi connectivity index (χ3v) is 3.97. The Hall–Kier alpha value is -2.47. The molecule has 124 valence electrons. The van der Waals surface area contributed by atoms with Gasteiger partial charge in [0.2, 0.25) is 0 Å². The quantitative estimate of drug-likeness (QED) is 0.308. The van der Waals surface area contributed by atoms with E-state index in [-0.39, 0.29) is 12.3 Å². The van der Waals surface area contributed by atoms with Crippen LogP contribution in [0, 0.1) is 26.0 Å². The minimum absolute atomic E-state index is 0.0618. The van der Waals surface area contributed by atoms with Crippen LogP contribution in [0.25, 0.3) is 0 Å². The van der Waals surface area contributed by atoms with Gasteiger partial charge in [-0.25, -0.2) is 0 Å². The summed E-state index contributed by atoms with van der Waals surface area (Å²) in [7, 11) is 1.57. The van der Waals surface area contributed by atoms with E-state index in [9.17, 15) is 10.1 Å². The number of nitrogens with zero attached hydrogens (tertiary/aromatic N) is 1. The molecule has 0 spiro atoms. The predicted octanol–water partition coefficient (Wildman–Crippen LogP) is 3.83. The molecule has 0 aromatic heterocycles. The molecule has 0 fully saturated rings. The molecule has 0 atom stereocenters. The maximum atomic E-state index is 10.7. The highest BCUT2D eigenvalue weighted by molar-refractivity contribution is 14.1. The normalized spacial score (nSPS) is 9.88. The van der Waals surface area contributed by atoms with Crippen LogP contribution in [-0.2, 0) is 6.54 Å². The molecule has 0 aliphatic heterocycles. The molecule has 0 saturated carbocycles. The number of non-ortho nitro benzene ring substituents is 1. The van der Waals surface area contributed by atoms with Gasteiger partial charge in [-0.05, 0) is 52.4 Å². The lowest BCUT2D eigenvalue weighted by Crippen LogP contribution is -2.03. The van der Waals surface area contributed by atoms with Crippen molar-refractivity contribution < 1.29 is 14.4 Å². The molecule has 0 aliphatic carbocycles. The van der Waals surface area contributed by atoms with E-state index in [1.165, 1.54) is 12.1 Å². The SMILES string of the molecule is C#CCOc1c(I)cc(CNc2ccc([N+](=O)[O-])cc2)cc1OC. The van der Waals surface area contributed by atoms with Crippen molar-refractivity contribution in [3.8, 4) is 23.8 Å². The van der Waals surface area contributed by atoms with Gasteiger partial charge in [0.1, 0.15) is 6.61 Å². The van der Waals surface area contributed by atoms with Gasteiger partial charge in [-0.3, -0.25) is 10.1 Å². The smallest absolute Gasteiger partial charge is 0.269 e. The summed E-state index contributed by atoms with van der Waals surface area (Å²) in [6.07, 6.45) is 5.22. The monoisotopic (exact) mass is 438 g/mol. The van der Waals surface area contributed by atoms with Crippen molar-refractivity contribution in [3.63, 3.8) is 0 Å². The molecule has 6 nitrogen and oxygen atoms in total. The molecular weight excluding hydrogens is 423 g/mol. The molecule has 24 heavy (non-hydrogen) atoms. The molecule has 0 bridgehead atoms. The molecule has 1 N–H and O–H groups in total. The molecule has 2 aromatic carbocycles. The zero-order valence-electron chi connectivity index (χ0n) is 12.9. The van der Waals surface area contributed by atoms with Crippen LogP contribution in [0.5, 0.6) is 11.5 Å². The minimum Gasteiger partial charge on any atom is -0.493 e. The number of nitrogens with one attached hydrogen (secondary N) is 1. The molecule has 2 rings (SSSR count). The van der Waals surface area contributed by atoms with Crippen molar-refractivity contribution in [1.29, 1.82) is 0 Å². The fraction of sp³-hybridized carbons (Fsp3) is 0.176. The Morgan fingerprint density at radius 3 is 2.62 bits per heavy atom. The van der Waals surface area contributed by atoms with Gasteiger partial charge < -0.3 is 14.8 Å². The second-order valence-corrected chi connectivity index (χ2v) is 5.92. The van der Waals surface area contributed by atoms with Crippen molar-refractivity contribution in [2.45, 2.75) is 6.54 Å². The van der Waals surface area contributed by atoms with Crippen LogP contribution in [-0.4, -0.2) is 18.6 Å². The Morgan fingerprint density at radius 2 is 2.04 bits per heavy atom. The summed E-state index contributed by atoms with van der Waals surface area (Å²) in [6.45, 7) is 0.715. The van der Waals surface area contributed by atoms with Crippen molar-refractivity contribution in [3.05, 3.63) is 55.6 Å². The number of hydrogen-bond donors (Lipinski definition) is 1. The summed E-state index contributed by atoms with van der Waals surface area (Å²) in [4.78, 5) is 10.2. The highest BCUT2D eigenvalue weighted by Crippen LogP contribution is 2.34. The van der Waals surface area contributed by atoms with Crippen LogP contribution < -0.4 is 14.8 Å². The number of nitro groups is 1. The molecule has 7 heteroatoms. The second-order valence-electron chi connectivity index (χ2n) is 4.76. The maximum absolute atomic E-state index is 10.7. The van der Waals surface area contributed by atoms with Gasteiger partial charge in [-0.2, -0.15) is 0 Å². The third kappa shape index (κ3) is 4.52. The van der Waals surface area contributed by atoms with Crippen LogP contribution in [0.1, 0.15) is 5.56 Å². The zero-order valence-corrected chi connectivity index (χ0v) is 15.1.